The van der Waals surface area contributed by atoms with Crippen molar-refractivity contribution in [2.75, 3.05) is 0 Å². The number of nitrogens with one attached hydrogen (secondary N) is 1. The van der Waals surface area contributed by atoms with Crippen LogP contribution in [-0.4, -0.2) is 23.6 Å². The van der Waals surface area contributed by atoms with Crippen molar-refractivity contribution in [3.8, 4) is 0 Å². The van der Waals surface area contributed by atoms with E-state index in [1.165, 1.54) is 37.8 Å². The zero-order valence-electron chi connectivity index (χ0n) is 17.3. The standard InChI is InChI=1S/C18H28NO2.2C2H6/c1-12(20)14-6-4-5-13(9-14)10-15-11-18(21)16-7-2-3-8-17(16)19-15;2*1-2/h13-14,16-18H,2-11H2,1H3;2*1-2H3/q-1;;/p+1. The van der Waals surface area contributed by atoms with Gasteiger partial charge in [0.2, 0.25) is 0 Å². The second-order valence-electron chi connectivity index (χ2n) is 7.59. The molecule has 3 nitrogen and oxygen atoms in total. The normalized spacial score (nSPS) is 34.3. The van der Waals surface area contributed by atoms with Gasteiger partial charge in [-0.3, -0.25) is 4.79 Å². The first-order valence-electron chi connectivity index (χ1n) is 10.9. The van der Waals surface area contributed by atoms with Crippen molar-refractivity contribution in [1.82, 2.24) is 0 Å². The summed E-state index contributed by atoms with van der Waals surface area (Å²) in [5.74, 6) is 1.61. The summed E-state index contributed by atoms with van der Waals surface area (Å²) in [6.07, 6.45) is 10.7. The molecule has 146 valence electrons. The van der Waals surface area contributed by atoms with Crippen LogP contribution in [0.2, 0.25) is 0 Å². The van der Waals surface area contributed by atoms with Gasteiger partial charge in [-0.05, 0) is 44.9 Å². The molecule has 5 atom stereocenters. The monoisotopic (exact) mass is 351 g/mol. The minimum Gasteiger partial charge on any atom is -0.851 e. The molecule has 0 aromatic heterocycles. The van der Waals surface area contributed by atoms with Crippen molar-refractivity contribution in [2.24, 2.45) is 17.8 Å². The highest BCUT2D eigenvalue weighted by Crippen LogP contribution is 2.33. The molecule has 1 N–H and O–H groups in total. The third kappa shape index (κ3) is 6.51. The van der Waals surface area contributed by atoms with Gasteiger partial charge < -0.3 is 5.11 Å². The van der Waals surface area contributed by atoms with E-state index in [0.29, 0.717) is 23.7 Å². The zero-order valence-corrected chi connectivity index (χ0v) is 17.3. The average molecular weight is 352 g/mol. The van der Waals surface area contributed by atoms with Gasteiger partial charge in [-0.25, -0.2) is 4.99 Å². The summed E-state index contributed by atoms with van der Waals surface area (Å²) in [6.45, 7) is 9.74. The fourth-order valence-corrected chi connectivity index (χ4v) is 4.84. The van der Waals surface area contributed by atoms with Gasteiger partial charge in [-0.1, -0.05) is 40.5 Å². The SMILES string of the molecule is CC.CC.CC(=O)C1CCCC(CC2=[NH+]C3CCCCC3C([O-])C2)C1. The van der Waals surface area contributed by atoms with E-state index in [1.807, 2.05) is 27.7 Å². The molecule has 2 saturated carbocycles. The molecule has 0 bridgehead atoms. The van der Waals surface area contributed by atoms with Crippen LogP contribution in [0.25, 0.3) is 0 Å². The molecule has 5 unspecified atom stereocenters. The number of carbonyl (C=O) groups excluding carboxylic acids is 1. The number of rotatable bonds is 3. The summed E-state index contributed by atoms with van der Waals surface area (Å²) in [5, 5.41) is 12.4. The van der Waals surface area contributed by atoms with Crippen molar-refractivity contribution >= 4 is 11.5 Å². The molecule has 2 fully saturated rings. The van der Waals surface area contributed by atoms with Crippen LogP contribution in [0.1, 0.15) is 98.8 Å². The van der Waals surface area contributed by atoms with Gasteiger partial charge in [-0.15, -0.1) is 6.10 Å². The van der Waals surface area contributed by atoms with Crippen LogP contribution in [0.15, 0.2) is 0 Å². The largest absolute Gasteiger partial charge is 0.851 e. The molecule has 1 heterocycles. The van der Waals surface area contributed by atoms with Gasteiger partial charge in [0, 0.05) is 31.1 Å². The fraction of sp³-hybridized carbons (Fsp3) is 0.909. The Bertz CT molecular complexity index is 418. The molecule has 1 aliphatic heterocycles. The van der Waals surface area contributed by atoms with E-state index < -0.39 is 6.10 Å². The first kappa shape index (κ1) is 22.3. The lowest BCUT2D eigenvalue weighted by atomic mass is 9.74. The molecule has 0 saturated heterocycles. The van der Waals surface area contributed by atoms with E-state index in [4.69, 9.17) is 0 Å². The maximum atomic E-state index is 12.4. The van der Waals surface area contributed by atoms with Crippen LogP contribution in [-0.2, 0) is 4.79 Å². The van der Waals surface area contributed by atoms with E-state index in [9.17, 15) is 9.90 Å². The average Bonchev–Trinajstić information content (AvgIpc) is 2.65. The molecule has 0 spiro atoms. The summed E-state index contributed by atoms with van der Waals surface area (Å²) in [4.78, 5) is 15.3. The Labute approximate surface area is 155 Å². The summed E-state index contributed by atoms with van der Waals surface area (Å²) in [7, 11) is 0. The van der Waals surface area contributed by atoms with E-state index in [2.05, 4.69) is 4.99 Å². The predicted octanol–water partition coefficient (Wildman–Crippen LogP) is 3.04. The predicted molar refractivity (Wildman–Crippen MR) is 104 cm³/mol. The van der Waals surface area contributed by atoms with Crippen molar-refractivity contribution < 1.29 is 14.9 Å². The van der Waals surface area contributed by atoms with Crippen molar-refractivity contribution in [2.45, 2.75) is 111 Å². The van der Waals surface area contributed by atoms with Gasteiger partial charge in [0.15, 0.2) is 6.04 Å². The third-order valence-electron chi connectivity index (χ3n) is 6.03. The van der Waals surface area contributed by atoms with Crippen LogP contribution in [0, 0.1) is 17.8 Å². The lowest BCUT2D eigenvalue weighted by Crippen LogP contribution is -2.86. The number of carbonyl (C=O) groups is 1. The van der Waals surface area contributed by atoms with E-state index in [0.717, 1.165) is 32.1 Å². The second kappa shape index (κ2) is 11.8. The van der Waals surface area contributed by atoms with Crippen LogP contribution in [0.4, 0.5) is 0 Å². The molecule has 0 amide bonds. The molecular formula is C22H41NO2. The fourth-order valence-electron chi connectivity index (χ4n) is 4.84. The molecule has 0 aromatic carbocycles. The van der Waals surface area contributed by atoms with E-state index >= 15 is 0 Å². The highest BCUT2D eigenvalue weighted by atomic mass is 16.3. The molecule has 0 aromatic rings. The topological polar surface area (TPSA) is 54.1 Å². The van der Waals surface area contributed by atoms with E-state index in [1.54, 1.807) is 6.92 Å². The van der Waals surface area contributed by atoms with Gasteiger partial charge in [-0.2, -0.15) is 0 Å². The Morgan fingerprint density at radius 3 is 2.40 bits per heavy atom. The first-order chi connectivity index (χ1) is 12.1. The molecule has 0 radical (unpaired) electrons. The molecule has 3 rings (SSSR count). The van der Waals surface area contributed by atoms with Crippen LogP contribution in [0.3, 0.4) is 0 Å². The maximum Gasteiger partial charge on any atom is 0.152 e. The van der Waals surface area contributed by atoms with Gasteiger partial charge in [0.25, 0.3) is 0 Å². The van der Waals surface area contributed by atoms with E-state index in [-0.39, 0.29) is 5.92 Å². The minimum atomic E-state index is -0.390. The summed E-state index contributed by atoms with van der Waals surface area (Å²) in [6, 6.07) is 0.442. The quantitative estimate of drug-likeness (QED) is 0.850. The van der Waals surface area contributed by atoms with Crippen LogP contribution >= 0.6 is 0 Å². The Kier molecular flexibility index (Phi) is 10.6. The van der Waals surface area contributed by atoms with Crippen LogP contribution in [0.5, 0.6) is 0 Å². The summed E-state index contributed by atoms with van der Waals surface area (Å²) in [5.41, 5.74) is 1.30. The third-order valence-corrected chi connectivity index (χ3v) is 6.03. The summed E-state index contributed by atoms with van der Waals surface area (Å²) >= 11 is 0. The molecule has 25 heavy (non-hydrogen) atoms. The number of Topliss-reactive ketones (excluding diaryl/α,β-unsaturated/α-hetero) is 1. The van der Waals surface area contributed by atoms with Crippen molar-refractivity contribution in [3.05, 3.63) is 0 Å². The number of fused-ring (bicyclic) bond motifs is 1. The van der Waals surface area contributed by atoms with Gasteiger partial charge in [0.05, 0.1) is 0 Å². The van der Waals surface area contributed by atoms with Crippen molar-refractivity contribution in [1.29, 1.82) is 0 Å². The summed E-state index contributed by atoms with van der Waals surface area (Å²) < 4.78 is 0. The molecular weight excluding hydrogens is 310 g/mol. The number of ketones is 1. The second-order valence-corrected chi connectivity index (χ2v) is 7.59. The van der Waals surface area contributed by atoms with Crippen LogP contribution < -0.4 is 10.1 Å². The highest BCUT2D eigenvalue weighted by molar-refractivity contribution is 5.81. The van der Waals surface area contributed by atoms with Gasteiger partial charge >= 0.3 is 0 Å². The minimum absolute atomic E-state index is 0.276. The lowest BCUT2D eigenvalue weighted by Gasteiger charge is -2.40. The zero-order chi connectivity index (χ0) is 18.8. The smallest absolute Gasteiger partial charge is 0.152 e. The first-order valence-corrected chi connectivity index (χ1v) is 10.9. The van der Waals surface area contributed by atoms with Crippen molar-refractivity contribution in [3.63, 3.8) is 0 Å². The maximum absolute atomic E-state index is 12.4. The number of hydrogen-bond donors (Lipinski definition) is 1. The highest BCUT2D eigenvalue weighted by Gasteiger charge is 2.36. The van der Waals surface area contributed by atoms with Gasteiger partial charge in [0.1, 0.15) is 11.5 Å². The molecule has 3 aliphatic rings. The lowest BCUT2D eigenvalue weighted by molar-refractivity contribution is -0.556. The number of hydrogen-bond acceptors (Lipinski definition) is 2. The molecule has 2 aliphatic carbocycles. The Hall–Kier alpha value is -0.700. The Morgan fingerprint density at radius 2 is 1.72 bits per heavy atom. The Morgan fingerprint density at radius 1 is 1.04 bits per heavy atom. The molecule has 3 heteroatoms. The Balaban J connectivity index is 0.000000730.